The maximum absolute atomic E-state index is 14.5. The normalized spacial score (nSPS) is 28.4. The molecule has 3 atom stereocenters. The molecule has 2 aromatic rings. The van der Waals surface area contributed by atoms with Gasteiger partial charge in [0.1, 0.15) is 11.3 Å². The lowest BCUT2D eigenvalue weighted by molar-refractivity contribution is 0.265. The first-order valence-corrected chi connectivity index (χ1v) is 8.76. The third-order valence-corrected chi connectivity index (χ3v) is 5.77. The van der Waals surface area contributed by atoms with Gasteiger partial charge in [-0.15, -0.1) is 24.2 Å². The van der Waals surface area contributed by atoms with Crippen LogP contribution in [0.1, 0.15) is 5.56 Å². The van der Waals surface area contributed by atoms with E-state index in [0.29, 0.717) is 24.6 Å². The fourth-order valence-electron chi connectivity index (χ4n) is 3.62. The van der Waals surface area contributed by atoms with Gasteiger partial charge < -0.3 is 10.6 Å². The lowest BCUT2D eigenvalue weighted by Gasteiger charge is -2.42. The molecule has 0 radical (unpaired) electrons. The second-order valence-electron chi connectivity index (χ2n) is 6.13. The van der Waals surface area contributed by atoms with Gasteiger partial charge >= 0.3 is 0 Å². The summed E-state index contributed by atoms with van der Waals surface area (Å²) in [6.07, 6.45) is 2.29. The summed E-state index contributed by atoms with van der Waals surface area (Å²) in [7, 11) is 0. The van der Waals surface area contributed by atoms with Gasteiger partial charge in [0.05, 0.1) is 17.9 Å². The van der Waals surface area contributed by atoms with Gasteiger partial charge in [-0.1, -0.05) is 18.2 Å². The molecule has 5 nitrogen and oxygen atoms in total. The summed E-state index contributed by atoms with van der Waals surface area (Å²) in [6, 6.07) is 6.77. The monoisotopic (exact) mass is 385 g/mol. The quantitative estimate of drug-likeness (QED) is 0.825. The molecule has 9 heteroatoms. The van der Waals surface area contributed by atoms with Gasteiger partial charge in [0.2, 0.25) is 5.95 Å². The van der Waals surface area contributed by atoms with Crippen LogP contribution < -0.4 is 16.0 Å². The third-order valence-electron chi connectivity index (χ3n) is 4.70. The summed E-state index contributed by atoms with van der Waals surface area (Å²) in [5.41, 5.74) is 5.83. The van der Waals surface area contributed by atoms with Crippen molar-refractivity contribution < 1.29 is 8.78 Å². The summed E-state index contributed by atoms with van der Waals surface area (Å²) in [5, 5.41) is 3.39. The fraction of sp³-hybridized carbons (Fsp3) is 0.375. The van der Waals surface area contributed by atoms with E-state index >= 15 is 0 Å². The van der Waals surface area contributed by atoms with E-state index in [9.17, 15) is 8.78 Å². The molecule has 2 aliphatic rings. The Morgan fingerprint density at radius 1 is 1.24 bits per heavy atom. The number of hydrogen-bond acceptors (Lipinski definition) is 6. The molecule has 0 saturated carbocycles. The third kappa shape index (κ3) is 3.19. The molecular weight excluding hydrogens is 368 g/mol. The molecule has 2 aliphatic heterocycles. The molecule has 3 heterocycles. The summed E-state index contributed by atoms with van der Waals surface area (Å²) in [6.45, 7) is 1.14. The van der Waals surface area contributed by atoms with Crippen LogP contribution in [-0.4, -0.2) is 34.3 Å². The van der Waals surface area contributed by atoms with Gasteiger partial charge in [0.25, 0.3) is 0 Å². The molecule has 1 aromatic heterocycles. The van der Waals surface area contributed by atoms with Crippen LogP contribution >= 0.6 is 24.2 Å². The van der Waals surface area contributed by atoms with Gasteiger partial charge in [-0.05, 0) is 6.07 Å². The largest absolute Gasteiger partial charge is 0.338 e. The van der Waals surface area contributed by atoms with Crippen LogP contribution in [0.15, 0.2) is 36.7 Å². The lowest BCUT2D eigenvalue weighted by atomic mass is 9.81. The van der Waals surface area contributed by atoms with E-state index in [2.05, 4.69) is 15.3 Å². The number of nitrogens with one attached hydrogen (secondary N) is 1. The van der Waals surface area contributed by atoms with E-state index < -0.39 is 11.4 Å². The van der Waals surface area contributed by atoms with Crippen molar-refractivity contribution in [2.75, 3.05) is 23.7 Å². The Bertz CT molecular complexity index is 750. The summed E-state index contributed by atoms with van der Waals surface area (Å²) in [4.78, 5) is 10.1. The van der Waals surface area contributed by atoms with Crippen molar-refractivity contribution >= 4 is 30.1 Å². The number of fused-ring (bicyclic) bond motifs is 1. The van der Waals surface area contributed by atoms with Gasteiger partial charge in [0.15, 0.2) is 5.82 Å². The molecule has 0 bridgehead atoms. The molecule has 1 aromatic carbocycles. The van der Waals surface area contributed by atoms with Gasteiger partial charge in [-0.25, -0.2) is 18.7 Å². The molecule has 3 N–H and O–H groups in total. The molecule has 0 spiro atoms. The first-order chi connectivity index (χ1) is 11.6. The predicted octanol–water partition coefficient (Wildman–Crippen LogP) is 2.09. The summed E-state index contributed by atoms with van der Waals surface area (Å²) < 4.78 is 27.6. The maximum atomic E-state index is 14.5. The zero-order chi connectivity index (χ0) is 16.7. The van der Waals surface area contributed by atoms with Crippen LogP contribution in [0.25, 0.3) is 0 Å². The highest BCUT2D eigenvalue weighted by molar-refractivity contribution is 7.99. The van der Waals surface area contributed by atoms with Crippen LogP contribution in [0.3, 0.4) is 0 Å². The molecule has 0 aliphatic carbocycles. The van der Waals surface area contributed by atoms with Crippen molar-refractivity contribution in [2.24, 2.45) is 11.7 Å². The van der Waals surface area contributed by atoms with E-state index in [1.165, 1.54) is 6.07 Å². The Hall–Kier alpha value is -1.48. The second-order valence-corrected chi connectivity index (χ2v) is 7.30. The van der Waals surface area contributed by atoms with Crippen LogP contribution in [0, 0.1) is 17.6 Å². The topological polar surface area (TPSA) is 67.1 Å². The maximum Gasteiger partial charge on any atom is 0.225 e. The van der Waals surface area contributed by atoms with E-state index in [1.807, 2.05) is 11.0 Å². The molecular formula is C16H18ClF2N5S. The van der Waals surface area contributed by atoms with E-state index in [1.54, 1.807) is 23.9 Å². The van der Waals surface area contributed by atoms with E-state index in [0.717, 1.165) is 18.1 Å². The van der Waals surface area contributed by atoms with Crippen molar-refractivity contribution in [2.45, 2.75) is 11.0 Å². The second kappa shape index (κ2) is 7.03. The average Bonchev–Trinajstić information content (AvgIpc) is 2.95. The Labute approximate surface area is 154 Å². The highest BCUT2D eigenvalue weighted by atomic mass is 35.5. The smallest absolute Gasteiger partial charge is 0.225 e. The number of nitrogens with zero attached hydrogens (tertiary/aromatic N) is 3. The number of thioether (sulfide) groups is 1. The van der Waals surface area contributed by atoms with Crippen LogP contribution in [0.4, 0.5) is 14.7 Å². The van der Waals surface area contributed by atoms with Crippen LogP contribution in [-0.2, 0) is 5.54 Å². The number of hydrogen-bond donors (Lipinski definition) is 2. The molecule has 2 fully saturated rings. The summed E-state index contributed by atoms with van der Waals surface area (Å²) >= 11 is 1.61. The van der Waals surface area contributed by atoms with Crippen molar-refractivity contribution in [3.63, 3.8) is 0 Å². The highest BCUT2D eigenvalue weighted by Gasteiger charge is 2.52. The SMILES string of the molecule is Cl.NC1N[C@@]2(c3ccccc3F)CN(c3ncc(F)cn3)C[C@H]2CS1. The highest BCUT2D eigenvalue weighted by Crippen LogP contribution is 2.44. The Balaban J connectivity index is 0.00000182. The Morgan fingerprint density at radius 2 is 1.96 bits per heavy atom. The van der Waals surface area contributed by atoms with Gasteiger partial charge in [-0.2, -0.15) is 0 Å². The first kappa shape index (κ1) is 18.3. The molecule has 4 rings (SSSR count). The molecule has 0 amide bonds. The number of nitrogens with two attached hydrogens (primary N) is 1. The zero-order valence-electron chi connectivity index (χ0n) is 13.2. The molecule has 25 heavy (non-hydrogen) atoms. The average molecular weight is 386 g/mol. The minimum Gasteiger partial charge on any atom is -0.338 e. The van der Waals surface area contributed by atoms with Crippen molar-refractivity contribution in [3.05, 3.63) is 53.9 Å². The number of anilines is 1. The number of rotatable bonds is 2. The molecule has 1 unspecified atom stereocenters. The Kier molecular flexibility index (Phi) is 5.15. The molecule has 134 valence electrons. The van der Waals surface area contributed by atoms with Crippen LogP contribution in [0.2, 0.25) is 0 Å². The van der Waals surface area contributed by atoms with E-state index in [4.69, 9.17) is 5.73 Å². The van der Waals surface area contributed by atoms with Crippen molar-refractivity contribution in [1.29, 1.82) is 0 Å². The number of aromatic nitrogens is 2. The fourth-order valence-corrected chi connectivity index (χ4v) is 4.74. The Morgan fingerprint density at radius 3 is 2.68 bits per heavy atom. The standard InChI is InChI=1S/C16H17F2N5S.ClH/c17-11-5-20-15(21-6-11)23-7-10-8-24-14(19)22-16(10,9-23)12-3-1-2-4-13(12)18;/h1-6,10,14,22H,7-9,19H2;1H/t10-,14?,16-;/m0./s1. The summed E-state index contributed by atoms with van der Waals surface area (Å²) in [5.74, 6) is 0.667. The number of benzene rings is 1. The van der Waals surface area contributed by atoms with Crippen LogP contribution in [0.5, 0.6) is 0 Å². The first-order valence-electron chi connectivity index (χ1n) is 7.71. The minimum absolute atomic E-state index is 0. The molecule has 2 saturated heterocycles. The van der Waals surface area contributed by atoms with Crippen molar-refractivity contribution in [1.82, 2.24) is 15.3 Å². The number of halogens is 3. The van der Waals surface area contributed by atoms with Gasteiger partial charge in [0, 0.05) is 30.3 Å². The van der Waals surface area contributed by atoms with E-state index in [-0.39, 0.29) is 29.6 Å². The zero-order valence-corrected chi connectivity index (χ0v) is 14.9. The van der Waals surface area contributed by atoms with Crippen molar-refractivity contribution in [3.8, 4) is 0 Å². The lowest BCUT2D eigenvalue weighted by Crippen LogP contribution is -2.59. The van der Waals surface area contributed by atoms with Gasteiger partial charge in [-0.3, -0.25) is 5.32 Å². The predicted molar refractivity (Wildman–Crippen MR) is 96.6 cm³/mol. The minimum atomic E-state index is -0.603.